The van der Waals surface area contributed by atoms with Crippen molar-refractivity contribution in [3.8, 4) is 5.75 Å². The van der Waals surface area contributed by atoms with Crippen LogP contribution in [0.1, 0.15) is 40.0 Å². The van der Waals surface area contributed by atoms with Gasteiger partial charge in [-0.15, -0.1) is 5.10 Å². The smallest absolute Gasteiger partial charge is 0.255 e. The highest BCUT2D eigenvalue weighted by atomic mass is 16.5. The molecule has 0 aliphatic carbocycles. The molecule has 1 unspecified atom stereocenters. The van der Waals surface area contributed by atoms with Gasteiger partial charge in [0.1, 0.15) is 30.6 Å². The quantitative estimate of drug-likeness (QED) is 0.367. The Morgan fingerprint density at radius 3 is 2.76 bits per heavy atom. The zero-order valence-corrected chi connectivity index (χ0v) is 20.5. The Labute approximate surface area is 214 Å². The van der Waals surface area contributed by atoms with Crippen molar-refractivity contribution in [3.05, 3.63) is 71.0 Å². The predicted octanol–water partition coefficient (Wildman–Crippen LogP) is 2.24. The number of carbonyl (C=O) groups excluding carboxylic acids is 3. The van der Waals surface area contributed by atoms with E-state index in [0.717, 1.165) is 50.0 Å². The Kier molecular flexibility index (Phi) is 7.55. The number of aldehydes is 2. The summed E-state index contributed by atoms with van der Waals surface area (Å²) >= 11 is 0. The molecule has 10 heteroatoms. The standard InChI is InChI=1S/C27H29N5O5/c33-11-3-6-23(18-34)32-17-25-24(27(32)35)7-2-8-26(25)37-19-21-16-31(29-28-21)15-20-4-1-5-22(14-20)30-9-12-36-13-10-30/h1-2,4-5,7-8,11,14,16,18,23H,3,6,9-10,12-13,15,17,19H2. The number of amides is 1. The molecule has 2 aliphatic rings. The van der Waals surface area contributed by atoms with E-state index in [4.69, 9.17) is 9.47 Å². The summed E-state index contributed by atoms with van der Waals surface area (Å²) in [4.78, 5) is 39.0. The number of benzene rings is 2. The normalized spacial score (nSPS) is 15.9. The third-order valence-corrected chi connectivity index (χ3v) is 6.68. The minimum absolute atomic E-state index is 0.195. The number of rotatable bonds is 11. The molecule has 2 aromatic carbocycles. The van der Waals surface area contributed by atoms with E-state index in [1.165, 1.54) is 10.6 Å². The Hall–Kier alpha value is -4.05. The number of nitrogens with zero attached hydrogens (tertiary/aromatic N) is 5. The van der Waals surface area contributed by atoms with E-state index in [-0.39, 0.29) is 25.5 Å². The van der Waals surface area contributed by atoms with Crippen LogP contribution in [0.5, 0.6) is 5.75 Å². The summed E-state index contributed by atoms with van der Waals surface area (Å²) in [5, 5.41) is 8.49. The Morgan fingerprint density at radius 1 is 1.11 bits per heavy atom. The van der Waals surface area contributed by atoms with Gasteiger partial charge < -0.3 is 28.9 Å². The fourth-order valence-electron chi connectivity index (χ4n) is 4.76. The molecule has 3 aromatic rings. The molecule has 1 atom stereocenters. The van der Waals surface area contributed by atoms with Crippen LogP contribution in [0.2, 0.25) is 0 Å². The van der Waals surface area contributed by atoms with Crippen LogP contribution in [0.4, 0.5) is 5.69 Å². The lowest BCUT2D eigenvalue weighted by Gasteiger charge is -2.29. The number of aromatic nitrogens is 3. The van der Waals surface area contributed by atoms with Crippen molar-refractivity contribution in [1.29, 1.82) is 0 Å². The molecule has 1 fully saturated rings. The van der Waals surface area contributed by atoms with E-state index in [1.54, 1.807) is 22.9 Å². The van der Waals surface area contributed by atoms with Crippen molar-refractivity contribution < 1.29 is 23.9 Å². The summed E-state index contributed by atoms with van der Waals surface area (Å²) in [7, 11) is 0. The fraction of sp³-hybridized carbons (Fsp3) is 0.370. The van der Waals surface area contributed by atoms with E-state index < -0.39 is 6.04 Å². The number of fused-ring (bicyclic) bond motifs is 1. The molecule has 192 valence electrons. The average molecular weight is 504 g/mol. The predicted molar refractivity (Wildman–Crippen MR) is 134 cm³/mol. The topological polar surface area (TPSA) is 107 Å². The summed E-state index contributed by atoms with van der Waals surface area (Å²) < 4.78 is 13.3. The van der Waals surface area contributed by atoms with Gasteiger partial charge in [0, 0.05) is 36.3 Å². The molecule has 0 radical (unpaired) electrons. The van der Waals surface area contributed by atoms with Crippen LogP contribution in [0, 0.1) is 0 Å². The number of hydrogen-bond donors (Lipinski definition) is 0. The number of ether oxygens (including phenoxy) is 2. The first-order chi connectivity index (χ1) is 18.2. The van der Waals surface area contributed by atoms with Gasteiger partial charge in [-0.2, -0.15) is 0 Å². The Morgan fingerprint density at radius 2 is 1.95 bits per heavy atom. The second-order valence-electron chi connectivity index (χ2n) is 9.13. The number of carbonyl (C=O) groups is 3. The molecular weight excluding hydrogens is 474 g/mol. The first-order valence-electron chi connectivity index (χ1n) is 12.4. The first kappa shape index (κ1) is 24.6. The molecule has 0 spiro atoms. The van der Waals surface area contributed by atoms with Crippen LogP contribution in [0.25, 0.3) is 0 Å². The highest BCUT2D eigenvalue weighted by Crippen LogP contribution is 2.33. The molecule has 10 nitrogen and oxygen atoms in total. The first-order valence-corrected chi connectivity index (χ1v) is 12.4. The van der Waals surface area contributed by atoms with Crippen LogP contribution in [-0.4, -0.2) is 70.7 Å². The second kappa shape index (κ2) is 11.3. The third-order valence-electron chi connectivity index (χ3n) is 6.68. The molecule has 0 bridgehead atoms. The maximum Gasteiger partial charge on any atom is 0.255 e. The highest BCUT2D eigenvalue weighted by Gasteiger charge is 2.34. The zero-order valence-electron chi connectivity index (χ0n) is 20.5. The van der Waals surface area contributed by atoms with Crippen LogP contribution >= 0.6 is 0 Å². The van der Waals surface area contributed by atoms with Gasteiger partial charge in [0.05, 0.1) is 38.5 Å². The SMILES string of the molecule is O=CCCC(C=O)N1Cc2c(OCc3cn(Cc4cccc(N5CCOCC5)c4)nn3)cccc2C1=O. The Bertz CT molecular complexity index is 1270. The highest BCUT2D eigenvalue weighted by molar-refractivity contribution is 6.00. The van der Waals surface area contributed by atoms with E-state index >= 15 is 0 Å². The number of morpholine rings is 1. The van der Waals surface area contributed by atoms with Gasteiger partial charge in [0.25, 0.3) is 5.91 Å². The van der Waals surface area contributed by atoms with E-state index in [1.807, 2.05) is 6.20 Å². The third kappa shape index (κ3) is 5.54. The van der Waals surface area contributed by atoms with Crippen LogP contribution in [0.3, 0.4) is 0 Å². The summed E-state index contributed by atoms with van der Waals surface area (Å²) in [6.45, 7) is 4.30. The fourth-order valence-corrected chi connectivity index (χ4v) is 4.76. The maximum absolute atomic E-state index is 12.9. The molecule has 3 heterocycles. The monoisotopic (exact) mass is 503 g/mol. The molecule has 1 amide bonds. The lowest BCUT2D eigenvalue weighted by molar-refractivity contribution is -0.112. The molecule has 5 rings (SSSR count). The van der Waals surface area contributed by atoms with Gasteiger partial charge in [0.15, 0.2) is 0 Å². The van der Waals surface area contributed by atoms with Crippen molar-refractivity contribution in [2.24, 2.45) is 0 Å². The summed E-state index contributed by atoms with van der Waals surface area (Å²) in [6.07, 6.45) is 3.86. The van der Waals surface area contributed by atoms with Crippen molar-refractivity contribution in [1.82, 2.24) is 19.9 Å². The van der Waals surface area contributed by atoms with Crippen molar-refractivity contribution in [2.75, 3.05) is 31.2 Å². The van der Waals surface area contributed by atoms with Gasteiger partial charge in [-0.1, -0.05) is 23.4 Å². The largest absolute Gasteiger partial charge is 0.487 e. The van der Waals surface area contributed by atoms with Crippen LogP contribution < -0.4 is 9.64 Å². The van der Waals surface area contributed by atoms with Crippen LogP contribution in [-0.2, 0) is 34.0 Å². The lowest BCUT2D eigenvalue weighted by atomic mass is 10.1. The van der Waals surface area contributed by atoms with Crippen molar-refractivity contribution in [2.45, 2.75) is 38.6 Å². The van der Waals surface area contributed by atoms with Gasteiger partial charge in [0.2, 0.25) is 0 Å². The van der Waals surface area contributed by atoms with E-state index in [0.29, 0.717) is 30.0 Å². The van der Waals surface area contributed by atoms with E-state index in [2.05, 4.69) is 39.5 Å². The molecule has 2 aliphatic heterocycles. The molecule has 0 saturated carbocycles. The zero-order chi connectivity index (χ0) is 25.6. The van der Waals surface area contributed by atoms with Gasteiger partial charge in [-0.3, -0.25) is 4.79 Å². The molecule has 1 aromatic heterocycles. The van der Waals surface area contributed by atoms with Crippen molar-refractivity contribution in [3.63, 3.8) is 0 Å². The van der Waals surface area contributed by atoms with Gasteiger partial charge >= 0.3 is 0 Å². The molecule has 37 heavy (non-hydrogen) atoms. The van der Waals surface area contributed by atoms with Gasteiger partial charge in [-0.25, -0.2) is 4.68 Å². The van der Waals surface area contributed by atoms with Crippen molar-refractivity contribution >= 4 is 24.2 Å². The van der Waals surface area contributed by atoms with Gasteiger partial charge in [-0.05, 0) is 36.2 Å². The summed E-state index contributed by atoms with van der Waals surface area (Å²) in [5.41, 5.74) is 4.21. The second-order valence-corrected chi connectivity index (χ2v) is 9.13. The minimum atomic E-state index is -0.639. The maximum atomic E-state index is 12.9. The molecular formula is C27H29N5O5. The van der Waals surface area contributed by atoms with E-state index in [9.17, 15) is 14.4 Å². The summed E-state index contributed by atoms with van der Waals surface area (Å²) in [6, 6.07) is 13.1. The Balaban J connectivity index is 1.22. The van der Waals surface area contributed by atoms with Crippen LogP contribution in [0.15, 0.2) is 48.7 Å². The number of anilines is 1. The number of hydrogen-bond acceptors (Lipinski definition) is 8. The average Bonchev–Trinajstić information content (AvgIpc) is 3.53. The molecule has 1 saturated heterocycles. The lowest BCUT2D eigenvalue weighted by Crippen LogP contribution is -2.36. The molecule has 0 N–H and O–H groups in total. The summed E-state index contributed by atoms with van der Waals surface area (Å²) in [5.74, 6) is 0.342. The minimum Gasteiger partial charge on any atom is -0.487 e.